The summed E-state index contributed by atoms with van der Waals surface area (Å²) in [6.45, 7) is 3.27. The number of anilines is 2. The van der Waals surface area contributed by atoms with Gasteiger partial charge >= 0.3 is 0 Å². The first-order valence-electron chi connectivity index (χ1n) is 9.97. The van der Waals surface area contributed by atoms with Gasteiger partial charge in [0.1, 0.15) is 0 Å². The zero-order chi connectivity index (χ0) is 20.8. The molecule has 6 heteroatoms. The molecule has 0 radical (unpaired) electrons. The van der Waals surface area contributed by atoms with Crippen molar-refractivity contribution in [1.82, 2.24) is 4.90 Å². The first-order chi connectivity index (χ1) is 13.9. The number of hydrogen-bond donors (Lipinski definition) is 1. The fraction of sp³-hybridized carbons (Fsp3) is 0.391. The Balaban J connectivity index is 1.80. The number of hydrogen-bond acceptors (Lipinski definition) is 4. The van der Waals surface area contributed by atoms with Gasteiger partial charge in [-0.05, 0) is 48.7 Å². The molecule has 1 N–H and O–H groups in total. The van der Waals surface area contributed by atoms with E-state index in [1.165, 1.54) is 6.92 Å². The first-order valence-corrected chi connectivity index (χ1v) is 9.97. The van der Waals surface area contributed by atoms with Crippen molar-refractivity contribution in [3.05, 3.63) is 59.7 Å². The minimum Gasteiger partial charge on any atom is -0.378 e. The smallest absolute Gasteiger partial charge is 0.254 e. The first kappa shape index (κ1) is 20.9. The molecule has 3 rings (SSSR count). The Bertz CT molecular complexity index is 843. The summed E-state index contributed by atoms with van der Waals surface area (Å²) in [5.74, 6) is -0.226. The molecule has 0 aromatic heterocycles. The van der Waals surface area contributed by atoms with Gasteiger partial charge in [0, 0.05) is 57.7 Å². The summed E-state index contributed by atoms with van der Waals surface area (Å²) in [6.07, 6.45) is 2.07. The highest BCUT2D eigenvalue weighted by molar-refractivity contribution is 5.96. The molecule has 2 aromatic carbocycles. The summed E-state index contributed by atoms with van der Waals surface area (Å²) < 4.78 is 5.78. The van der Waals surface area contributed by atoms with Crippen LogP contribution in [0.5, 0.6) is 0 Å². The number of carbonyl (C=O) groups excluding carboxylic acids is 2. The lowest BCUT2D eigenvalue weighted by molar-refractivity contribution is -0.114. The third kappa shape index (κ3) is 5.81. The molecule has 1 heterocycles. The monoisotopic (exact) mass is 395 g/mol. The van der Waals surface area contributed by atoms with Crippen LogP contribution in [0.1, 0.15) is 35.7 Å². The van der Waals surface area contributed by atoms with Crippen LogP contribution in [0.2, 0.25) is 0 Å². The van der Waals surface area contributed by atoms with E-state index in [2.05, 4.69) is 29.6 Å². The Morgan fingerprint density at radius 3 is 2.52 bits per heavy atom. The summed E-state index contributed by atoms with van der Waals surface area (Å²) in [4.78, 5) is 28.5. The van der Waals surface area contributed by atoms with E-state index < -0.39 is 0 Å². The van der Waals surface area contributed by atoms with Gasteiger partial charge in [0.15, 0.2) is 0 Å². The van der Waals surface area contributed by atoms with Crippen molar-refractivity contribution in [2.24, 2.45) is 0 Å². The Hall–Kier alpha value is -2.86. The van der Waals surface area contributed by atoms with Crippen LogP contribution in [0.25, 0.3) is 0 Å². The van der Waals surface area contributed by atoms with Crippen LogP contribution >= 0.6 is 0 Å². The average Bonchev–Trinajstić information content (AvgIpc) is 3.20. The lowest BCUT2D eigenvalue weighted by Crippen LogP contribution is -2.37. The number of benzene rings is 2. The topological polar surface area (TPSA) is 61.9 Å². The second-order valence-electron chi connectivity index (χ2n) is 7.64. The van der Waals surface area contributed by atoms with Crippen LogP contribution in [-0.2, 0) is 16.1 Å². The predicted octanol–water partition coefficient (Wildman–Crippen LogP) is 3.53. The fourth-order valence-electron chi connectivity index (χ4n) is 3.49. The van der Waals surface area contributed by atoms with E-state index in [1.807, 2.05) is 23.9 Å². The van der Waals surface area contributed by atoms with E-state index in [1.54, 1.807) is 24.3 Å². The molecule has 1 saturated heterocycles. The molecular weight excluding hydrogens is 366 g/mol. The van der Waals surface area contributed by atoms with E-state index in [-0.39, 0.29) is 17.9 Å². The molecule has 0 spiro atoms. The van der Waals surface area contributed by atoms with Crippen molar-refractivity contribution in [2.75, 3.05) is 37.5 Å². The molecule has 154 valence electrons. The van der Waals surface area contributed by atoms with Crippen LogP contribution in [0, 0.1) is 0 Å². The summed E-state index contributed by atoms with van der Waals surface area (Å²) in [5.41, 5.74) is 3.36. The second kappa shape index (κ2) is 9.56. The number of nitrogens with zero attached hydrogens (tertiary/aromatic N) is 2. The van der Waals surface area contributed by atoms with Gasteiger partial charge in [0.2, 0.25) is 5.91 Å². The Morgan fingerprint density at radius 1 is 1.14 bits per heavy atom. The maximum Gasteiger partial charge on any atom is 0.254 e. The average molecular weight is 396 g/mol. The summed E-state index contributed by atoms with van der Waals surface area (Å²) in [7, 11) is 4.01. The van der Waals surface area contributed by atoms with Crippen molar-refractivity contribution in [3.8, 4) is 0 Å². The van der Waals surface area contributed by atoms with E-state index in [4.69, 9.17) is 4.74 Å². The van der Waals surface area contributed by atoms with Gasteiger partial charge in [-0.25, -0.2) is 0 Å². The Labute approximate surface area is 172 Å². The van der Waals surface area contributed by atoms with E-state index in [0.29, 0.717) is 24.3 Å². The minimum atomic E-state index is -0.160. The van der Waals surface area contributed by atoms with Gasteiger partial charge in [0.05, 0.1) is 6.10 Å². The molecule has 0 unspecified atom stereocenters. The lowest BCUT2D eigenvalue weighted by Gasteiger charge is -2.26. The van der Waals surface area contributed by atoms with E-state index in [0.717, 1.165) is 30.7 Å². The standard InChI is InChI=1S/C23H29N3O3/c1-17(27)24-20-7-4-6-19(14-20)23(28)26(16-22-8-5-13-29-22)15-18-9-11-21(12-10-18)25(2)3/h4,6-7,9-12,14,22H,5,8,13,15-16H2,1-3H3,(H,24,27)/t22-/m1/s1. The van der Waals surface area contributed by atoms with Crippen molar-refractivity contribution < 1.29 is 14.3 Å². The van der Waals surface area contributed by atoms with E-state index >= 15 is 0 Å². The molecule has 0 saturated carbocycles. The molecule has 29 heavy (non-hydrogen) atoms. The van der Waals surface area contributed by atoms with Gasteiger partial charge in [-0.1, -0.05) is 18.2 Å². The van der Waals surface area contributed by atoms with Crippen LogP contribution in [0.3, 0.4) is 0 Å². The maximum atomic E-state index is 13.3. The molecule has 2 amide bonds. The quantitative estimate of drug-likeness (QED) is 0.779. The molecular formula is C23H29N3O3. The summed E-state index contributed by atoms with van der Waals surface area (Å²) in [6, 6.07) is 15.3. The molecule has 0 aliphatic carbocycles. The number of rotatable bonds is 7. The largest absolute Gasteiger partial charge is 0.378 e. The van der Waals surface area contributed by atoms with Crippen LogP contribution in [0.4, 0.5) is 11.4 Å². The highest BCUT2D eigenvalue weighted by atomic mass is 16.5. The maximum absolute atomic E-state index is 13.3. The van der Waals surface area contributed by atoms with Gasteiger partial charge in [-0.3, -0.25) is 9.59 Å². The Morgan fingerprint density at radius 2 is 1.90 bits per heavy atom. The molecule has 1 fully saturated rings. The molecule has 6 nitrogen and oxygen atoms in total. The highest BCUT2D eigenvalue weighted by Gasteiger charge is 2.24. The van der Waals surface area contributed by atoms with Crippen LogP contribution < -0.4 is 10.2 Å². The molecule has 0 bridgehead atoms. The van der Waals surface area contributed by atoms with Crippen molar-refractivity contribution >= 4 is 23.2 Å². The van der Waals surface area contributed by atoms with Gasteiger partial charge in [-0.15, -0.1) is 0 Å². The summed E-state index contributed by atoms with van der Waals surface area (Å²) in [5, 5.41) is 2.74. The Kier molecular flexibility index (Phi) is 6.88. The molecule has 2 aromatic rings. The van der Waals surface area contributed by atoms with Crippen molar-refractivity contribution in [2.45, 2.75) is 32.4 Å². The number of nitrogens with one attached hydrogen (secondary N) is 1. The zero-order valence-corrected chi connectivity index (χ0v) is 17.4. The fourth-order valence-corrected chi connectivity index (χ4v) is 3.49. The highest BCUT2D eigenvalue weighted by Crippen LogP contribution is 2.20. The zero-order valence-electron chi connectivity index (χ0n) is 17.4. The second-order valence-corrected chi connectivity index (χ2v) is 7.64. The minimum absolute atomic E-state index is 0.0654. The predicted molar refractivity (Wildman–Crippen MR) is 115 cm³/mol. The number of ether oxygens (including phenoxy) is 1. The number of amides is 2. The molecule has 1 aliphatic heterocycles. The van der Waals surface area contributed by atoms with Crippen LogP contribution in [-0.4, -0.2) is 50.1 Å². The third-order valence-corrected chi connectivity index (χ3v) is 4.99. The van der Waals surface area contributed by atoms with Gasteiger partial charge in [0.25, 0.3) is 5.91 Å². The van der Waals surface area contributed by atoms with Gasteiger partial charge in [-0.2, -0.15) is 0 Å². The van der Waals surface area contributed by atoms with Crippen molar-refractivity contribution in [1.29, 1.82) is 0 Å². The normalized spacial score (nSPS) is 15.8. The van der Waals surface area contributed by atoms with Gasteiger partial charge < -0.3 is 19.9 Å². The lowest BCUT2D eigenvalue weighted by atomic mass is 10.1. The molecule has 1 atom stereocenters. The van der Waals surface area contributed by atoms with Crippen LogP contribution in [0.15, 0.2) is 48.5 Å². The number of carbonyl (C=O) groups is 2. The molecule has 1 aliphatic rings. The SMILES string of the molecule is CC(=O)Nc1cccc(C(=O)N(Cc2ccc(N(C)C)cc2)C[C@H]2CCCO2)c1. The summed E-state index contributed by atoms with van der Waals surface area (Å²) >= 11 is 0. The van der Waals surface area contributed by atoms with E-state index in [9.17, 15) is 9.59 Å². The van der Waals surface area contributed by atoms with Crippen molar-refractivity contribution in [3.63, 3.8) is 0 Å². The third-order valence-electron chi connectivity index (χ3n) is 4.99.